The fourth-order valence-electron chi connectivity index (χ4n) is 2.80. The Bertz CT molecular complexity index is 378. The minimum atomic E-state index is -0.116. The van der Waals surface area contributed by atoms with Gasteiger partial charge < -0.3 is 20.3 Å². The maximum absolute atomic E-state index is 12.0. The summed E-state index contributed by atoms with van der Waals surface area (Å²) in [5.74, 6) is 0.815. The van der Waals surface area contributed by atoms with Crippen molar-refractivity contribution < 1.29 is 9.53 Å². The molecule has 0 aromatic heterocycles. The molecule has 0 saturated carbocycles. The number of hydrogen-bond donors (Lipinski definition) is 2. The van der Waals surface area contributed by atoms with Crippen LogP contribution in [0, 0.1) is 0 Å². The fourth-order valence-corrected chi connectivity index (χ4v) is 2.80. The molecule has 0 spiro atoms. The van der Waals surface area contributed by atoms with Crippen molar-refractivity contribution in [2.24, 2.45) is 4.99 Å². The lowest BCUT2D eigenvalue weighted by Gasteiger charge is -2.24. The zero-order chi connectivity index (χ0) is 15.1. The van der Waals surface area contributed by atoms with Crippen molar-refractivity contribution >= 4 is 35.8 Å². The molecule has 128 valence electrons. The Morgan fingerprint density at radius 2 is 2.00 bits per heavy atom. The smallest absolute Gasteiger partial charge is 0.244 e. The Labute approximate surface area is 150 Å². The second-order valence-corrected chi connectivity index (χ2v) is 6.04. The monoisotopic (exact) mass is 424 g/mol. The number of aliphatic imine (C=N–C) groups is 1. The van der Waals surface area contributed by atoms with Crippen LogP contribution < -0.4 is 10.6 Å². The Hall–Kier alpha value is -0.570. The van der Waals surface area contributed by atoms with E-state index in [0.29, 0.717) is 5.96 Å². The van der Waals surface area contributed by atoms with E-state index < -0.39 is 0 Å². The molecule has 1 amide bonds. The lowest BCUT2D eigenvalue weighted by atomic mass is 10.0. The molecule has 1 unspecified atom stereocenters. The van der Waals surface area contributed by atoms with E-state index in [1.807, 2.05) is 11.8 Å². The number of rotatable bonds is 5. The van der Waals surface area contributed by atoms with Crippen molar-refractivity contribution in [3.05, 3.63) is 0 Å². The summed E-state index contributed by atoms with van der Waals surface area (Å²) < 4.78 is 5.76. The topological polar surface area (TPSA) is 66.0 Å². The molecule has 0 aromatic rings. The average Bonchev–Trinajstić information content (AvgIpc) is 3.13. The van der Waals surface area contributed by atoms with E-state index in [1.54, 1.807) is 0 Å². The maximum Gasteiger partial charge on any atom is 0.244 e. The summed E-state index contributed by atoms with van der Waals surface area (Å²) in [5.41, 5.74) is -0.116. The summed E-state index contributed by atoms with van der Waals surface area (Å²) in [6.07, 6.45) is 4.40. The van der Waals surface area contributed by atoms with Gasteiger partial charge in [0.15, 0.2) is 5.96 Å². The van der Waals surface area contributed by atoms with Crippen molar-refractivity contribution in [3.63, 3.8) is 0 Å². The van der Waals surface area contributed by atoms with Crippen LogP contribution in [0.2, 0.25) is 0 Å². The van der Waals surface area contributed by atoms with E-state index in [1.165, 1.54) is 0 Å². The number of likely N-dealkylation sites (tertiary alicyclic amines) is 1. The number of halogens is 1. The van der Waals surface area contributed by atoms with E-state index in [9.17, 15) is 4.79 Å². The van der Waals surface area contributed by atoms with Crippen LogP contribution in [0.5, 0.6) is 0 Å². The zero-order valence-corrected chi connectivity index (χ0v) is 16.0. The highest BCUT2D eigenvalue weighted by Crippen LogP contribution is 2.23. The van der Waals surface area contributed by atoms with Crippen LogP contribution in [0.3, 0.4) is 0 Å². The molecule has 2 N–H and O–H groups in total. The van der Waals surface area contributed by atoms with Gasteiger partial charge in [0.05, 0.1) is 5.60 Å². The average molecular weight is 424 g/mol. The van der Waals surface area contributed by atoms with Crippen molar-refractivity contribution in [3.8, 4) is 0 Å². The molecular formula is C15H29IN4O2. The minimum Gasteiger partial charge on any atom is -0.373 e. The molecule has 1 atom stereocenters. The summed E-state index contributed by atoms with van der Waals surface area (Å²) in [6, 6.07) is 0. The molecule has 6 nitrogen and oxygen atoms in total. The fraction of sp³-hybridized carbons (Fsp3) is 0.867. The van der Waals surface area contributed by atoms with Crippen molar-refractivity contribution in [2.45, 2.75) is 45.1 Å². The first kappa shape index (κ1) is 19.5. The van der Waals surface area contributed by atoms with Crippen LogP contribution in [0.4, 0.5) is 0 Å². The highest BCUT2D eigenvalue weighted by atomic mass is 127. The summed E-state index contributed by atoms with van der Waals surface area (Å²) >= 11 is 0. The molecule has 2 aliphatic rings. The third-order valence-electron chi connectivity index (χ3n) is 4.11. The highest BCUT2D eigenvalue weighted by molar-refractivity contribution is 14.0. The number of carbonyl (C=O) groups excluding carboxylic acids is 1. The molecule has 0 aromatic carbocycles. The van der Waals surface area contributed by atoms with Crippen molar-refractivity contribution in [2.75, 3.05) is 39.3 Å². The summed E-state index contributed by atoms with van der Waals surface area (Å²) in [4.78, 5) is 18.3. The third-order valence-corrected chi connectivity index (χ3v) is 4.11. The van der Waals surface area contributed by atoms with Gasteiger partial charge in [-0.1, -0.05) is 0 Å². The van der Waals surface area contributed by atoms with Gasteiger partial charge in [-0.3, -0.25) is 4.79 Å². The summed E-state index contributed by atoms with van der Waals surface area (Å²) in [5, 5.41) is 6.47. The number of ether oxygens (including phenoxy) is 1. The van der Waals surface area contributed by atoms with E-state index in [0.717, 1.165) is 58.5 Å². The van der Waals surface area contributed by atoms with E-state index in [2.05, 4.69) is 22.5 Å². The molecule has 0 bridgehead atoms. The van der Waals surface area contributed by atoms with Crippen LogP contribution in [-0.4, -0.2) is 61.7 Å². The Balaban J connectivity index is 0.00000242. The first-order valence-corrected chi connectivity index (χ1v) is 8.07. The van der Waals surface area contributed by atoms with Crippen LogP contribution >= 0.6 is 24.0 Å². The number of amides is 1. The number of carbonyl (C=O) groups is 1. The summed E-state index contributed by atoms with van der Waals surface area (Å²) in [7, 11) is 0. The maximum atomic E-state index is 12.0. The zero-order valence-electron chi connectivity index (χ0n) is 13.7. The predicted molar refractivity (Wildman–Crippen MR) is 98.8 cm³/mol. The van der Waals surface area contributed by atoms with Gasteiger partial charge >= 0.3 is 0 Å². The van der Waals surface area contributed by atoms with E-state index in [4.69, 9.17) is 4.74 Å². The van der Waals surface area contributed by atoms with Crippen molar-refractivity contribution in [1.29, 1.82) is 0 Å². The van der Waals surface area contributed by atoms with Gasteiger partial charge in [0.25, 0.3) is 0 Å². The number of nitrogens with zero attached hydrogens (tertiary/aromatic N) is 2. The Morgan fingerprint density at radius 3 is 2.59 bits per heavy atom. The van der Waals surface area contributed by atoms with Gasteiger partial charge in [0.1, 0.15) is 6.54 Å². The lowest BCUT2D eigenvalue weighted by Crippen LogP contribution is -2.46. The molecule has 2 rings (SSSR count). The predicted octanol–water partition coefficient (Wildman–Crippen LogP) is 1.35. The first-order chi connectivity index (χ1) is 10.1. The molecule has 2 aliphatic heterocycles. The first-order valence-electron chi connectivity index (χ1n) is 8.07. The molecule has 2 fully saturated rings. The molecule has 0 aliphatic carbocycles. The van der Waals surface area contributed by atoms with Gasteiger partial charge in [-0.2, -0.15) is 0 Å². The second kappa shape index (κ2) is 9.54. The van der Waals surface area contributed by atoms with Crippen LogP contribution in [0.15, 0.2) is 4.99 Å². The number of guanidine groups is 1. The quantitative estimate of drug-likeness (QED) is 0.398. The highest BCUT2D eigenvalue weighted by Gasteiger charge is 2.29. The van der Waals surface area contributed by atoms with Crippen molar-refractivity contribution in [1.82, 2.24) is 15.5 Å². The van der Waals surface area contributed by atoms with Gasteiger partial charge in [-0.05, 0) is 39.5 Å². The molecular weight excluding hydrogens is 395 g/mol. The van der Waals surface area contributed by atoms with Crippen LogP contribution in [0.1, 0.15) is 39.5 Å². The van der Waals surface area contributed by atoms with Gasteiger partial charge in [-0.15, -0.1) is 24.0 Å². The molecule has 22 heavy (non-hydrogen) atoms. The van der Waals surface area contributed by atoms with Gasteiger partial charge in [-0.25, -0.2) is 4.99 Å². The minimum absolute atomic E-state index is 0. The third kappa shape index (κ3) is 5.91. The summed E-state index contributed by atoms with van der Waals surface area (Å²) in [6.45, 7) is 8.44. The van der Waals surface area contributed by atoms with Gasteiger partial charge in [0, 0.05) is 32.8 Å². The second-order valence-electron chi connectivity index (χ2n) is 6.04. The van der Waals surface area contributed by atoms with Crippen LogP contribution in [-0.2, 0) is 9.53 Å². The number of hydrogen-bond acceptors (Lipinski definition) is 3. The Kier molecular flexibility index (Phi) is 8.45. The molecule has 7 heteroatoms. The van der Waals surface area contributed by atoms with E-state index in [-0.39, 0.29) is 42.0 Å². The van der Waals surface area contributed by atoms with Crippen LogP contribution in [0.25, 0.3) is 0 Å². The standard InChI is InChI=1S/C15H28N4O2.HI/c1-3-16-14(18-12-15(2)7-6-10-21-15)17-11-13(20)19-8-4-5-9-19;/h3-12H2,1-2H3,(H2,16,17,18);1H. The largest absolute Gasteiger partial charge is 0.373 e. The van der Waals surface area contributed by atoms with Gasteiger partial charge in [0.2, 0.25) is 5.91 Å². The Morgan fingerprint density at radius 1 is 1.27 bits per heavy atom. The normalized spacial score (nSPS) is 25.0. The molecule has 2 heterocycles. The molecule has 2 saturated heterocycles. The lowest BCUT2D eigenvalue weighted by molar-refractivity contribution is -0.128. The number of nitrogens with one attached hydrogen (secondary N) is 2. The molecule has 0 radical (unpaired) electrons. The van der Waals surface area contributed by atoms with E-state index >= 15 is 0 Å². The SMILES string of the molecule is CCNC(=NCC(=O)N1CCCC1)NCC1(C)CCCO1.I.